The molecule has 1 saturated carbocycles. The van der Waals surface area contributed by atoms with Gasteiger partial charge in [-0.3, -0.25) is 4.98 Å². The number of rotatable bonds is 3. The van der Waals surface area contributed by atoms with E-state index in [9.17, 15) is 0 Å². The van der Waals surface area contributed by atoms with Gasteiger partial charge in [0.2, 0.25) is 0 Å². The van der Waals surface area contributed by atoms with Crippen molar-refractivity contribution in [3.63, 3.8) is 0 Å². The van der Waals surface area contributed by atoms with Gasteiger partial charge in [-0.15, -0.1) is 0 Å². The van der Waals surface area contributed by atoms with E-state index >= 15 is 0 Å². The van der Waals surface area contributed by atoms with E-state index in [1.54, 1.807) is 6.20 Å². The van der Waals surface area contributed by atoms with Crippen LogP contribution in [0.15, 0.2) is 48.8 Å². The fourth-order valence-corrected chi connectivity index (χ4v) is 3.60. The van der Waals surface area contributed by atoms with Crippen LogP contribution in [-0.4, -0.2) is 11.0 Å². The summed E-state index contributed by atoms with van der Waals surface area (Å²) < 4.78 is 0. The van der Waals surface area contributed by atoms with Gasteiger partial charge in [-0.05, 0) is 54.7 Å². The van der Waals surface area contributed by atoms with E-state index in [4.69, 9.17) is 17.3 Å². The number of aromatic nitrogens is 1. The smallest absolute Gasteiger partial charge is 0.0621 e. The molecule has 3 rings (SSSR count). The number of hydrogen-bond donors (Lipinski definition) is 1. The molecule has 1 fully saturated rings. The van der Waals surface area contributed by atoms with Gasteiger partial charge in [0.1, 0.15) is 0 Å². The quantitative estimate of drug-likeness (QED) is 0.923. The van der Waals surface area contributed by atoms with Crippen LogP contribution in [0.1, 0.15) is 36.3 Å². The van der Waals surface area contributed by atoms with E-state index in [1.165, 1.54) is 17.5 Å². The Labute approximate surface area is 131 Å². The van der Waals surface area contributed by atoms with Crippen LogP contribution < -0.4 is 5.73 Å². The zero-order valence-corrected chi connectivity index (χ0v) is 12.8. The molecule has 3 unspecified atom stereocenters. The fourth-order valence-electron chi connectivity index (χ4n) is 3.40. The number of nitrogens with zero attached hydrogens (tertiary/aromatic N) is 1. The van der Waals surface area contributed by atoms with E-state index in [-0.39, 0.29) is 6.04 Å². The van der Waals surface area contributed by atoms with Crippen LogP contribution in [0.2, 0.25) is 5.02 Å². The molecule has 0 saturated heterocycles. The topological polar surface area (TPSA) is 38.9 Å². The molecule has 0 bridgehead atoms. The molecule has 2 N–H and O–H groups in total. The van der Waals surface area contributed by atoms with Gasteiger partial charge in [-0.1, -0.05) is 41.9 Å². The van der Waals surface area contributed by atoms with Crippen LogP contribution in [0.25, 0.3) is 0 Å². The van der Waals surface area contributed by atoms with Gasteiger partial charge in [0.15, 0.2) is 0 Å². The Balaban J connectivity index is 1.74. The van der Waals surface area contributed by atoms with Crippen molar-refractivity contribution in [2.75, 3.05) is 0 Å². The Kier molecular flexibility index (Phi) is 4.57. The Morgan fingerprint density at radius 2 is 1.95 bits per heavy atom. The second kappa shape index (κ2) is 6.59. The lowest BCUT2D eigenvalue weighted by Gasteiger charge is -2.34. The summed E-state index contributed by atoms with van der Waals surface area (Å²) in [5, 5.41) is 0.756. The summed E-state index contributed by atoms with van der Waals surface area (Å²) in [5.41, 5.74) is 8.97. The Morgan fingerprint density at radius 3 is 2.71 bits per heavy atom. The molecule has 1 aliphatic carbocycles. The van der Waals surface area contributed by atoms with Crippen molar-refractivity contribution in [2.24, 2.45) is 11.7 Å². The predicted octanol–water partition coefficient (Wildman–Crippen LogP) is 4.19. The molecule has 1 heterocycles. The molecule has 0 radical (unpaired) electrons. The van der Waals surface area contributed by atoms with Gasteiger partial charge >= 0.3 is 0 Å². The zero-order chi connectivity index (χ0) is 14.7. The summed E-state index contributed by atoms with van der Waals surface area (Å²) in [6.45, 7) is 0. The van der Waals surface area contributed by atoms with E-state index in [0.717, 1.165) is 24.3 Å². The molecule has 3 atom stereocenters. The van der Waals surface area contributed by atoms with Gasteiger partial charge in [0, 0.05) is 18.4 Å². The number of hydrogen-bond acceptors (Lipinski definition) is 2. The molecule has 1 aliphatic rings. The lowest BCUT2D eigenvalue weighted by molar-refractivity contribution is 0.277. The summed E-state index contributed by atoms with van der Waals surface area (Å²) in [5.74, 6) is 1.11. The van der Waals surface area contributed by atoms with Crippen LogP contribution in [0.3, 0.4) is 0 Å². The summed E-state index contributed by atoms with van der Waals surface area (Å²) in [7, 11) is 0. The van der Waals surface area contributed by atoms with Crippen molar-refractivity contribution in [3.05, 3.63) is 64.9 Å². The molecule has 2 nitrogen and oxygen atoms in total. The largest absolute Gasteiger partial charge is 0.327 e. The van der Waals surface area contributed by atoms with E-state index in [2.05, 4.69) is 35.3 Å². The minimum Gasteiger partial charge on any atom is -0.327 e. The molecular weight excluding hydrogens is 280 g/mol. The van der Waals surface area contributed by atoms with E-state index < -0.39 is 0 Å². The first-order valence-electron chi connectivity index (χ1n) is 7.63. The Morgan fingerprint density at radius 1 is 1.14 bits per heavy atom. The first-order valence-corrected chi connectivity index (χ1v) is 8.00. The van der Waals surface area contributed by atoms with Crippen molar-refractivity contribution in [2.45, 2.75) is 37.6 Å². The van der Waals surface area contributed by atoms with Gasteiger partial charge in [0.25, 0.3) is 0 Å². The highest BCUT2D eigenvalue weighted by atomic mass is 35.5. The van der Waals surface area contributed by atoms with Crippen LogP contribution in [0, 0.1) is 5.92 Å². The van der Waals surface area contributed by atoms with Crippen molar-refractivity contribution in [3.8, 4) is 0 Å². The minimum atomic E-state index is 0.272. The van der Waals surface area contributed by atoms with Gasteiger partial charge < -0.3 is 5.73 Å². The molecule has 2 aromatic rings. The zero-order valence-electron chi connectivity index (χ0n) is 12.1. The van der Waals surface area contributed by atoms with Crippen LogP contribution in [0.5, 0.6) is 0 Å². The van der Waals surface area contributed by atoms with E-state index in [1.807, 2.05) is 12.3 Å². The summed E-state index contributed by atoms with van der Waals surface area (Å²) in [6, 6.07) is 13.1. The highest BCUT2D eigenvalue weighted by molar-refractivity contribution is 6.31. The minimum absolute atomic E-state index is 0.272. The lowest BCUT2D eigenvalue weighted by atomic mass is 9.73. The highest BCUT2D eigenvalue weighted by Gasteiger charge is 2.29. The number of nitrogens with two attached hydrogens (primary N) is 1. The maximum Gasteiger partial charge on any atom is 0.0621 e. The molecule has 0 amide bonds. The maximum absolute atomic E-state index is 6.36. The number of benzene rings is 1. The predicted molar refractivity (Wildman–Crippen MR) is 87.5 cm³/mol. The Hall–Kier alpha value is -1.38. The summed E-state index contributed by atoms with van der Waals surface area (Å²) >= 11 is 6.24. The molecule has 21 heavy (non-hydrogen) atoms. The number of pyridine rings is 1. The van der Waals surface area contributed by atoms with Crippen molar-refractivity contribution in [1.82, 2.24) is 4.98 Å². The third kappa shape index (κ3) is 3.45. The lowest BCUT2D eigenvalue weighted by Crippen LogP contribution is -2.36. The summed E-state index contributed by atoms with van der Waals surface area (Å²) in [6.07, 6.45) is 7.90. The fraction of sp³-hybridized carbons (Fsp3) is 0.389. The van der Waals surface area contributed by atoms with Gasteiger partial charge in [0.05, 0.1) is 5.02 Å². The Bertz CT molecular complexity index is 585. The second-order valence-corrected chi connectivity index (χ2v) is 6.42. The molecule has 110 valence electrons. The maximum atomic E-state index is 6.36. The SMILES string of the molecule is NC1CCC(c2ccccc2)CC1Cc1ccncc1Cl. The molecule has 3 heteroatoms. The molecule has 1 aromatic heterocycles. The highest BCUT2D eigenvalue weighted by Crippen LogP contribution is 2.37. The van der Waals surface area contributed by atoms with Gasteiger partial charge in [-0.25, -0.2) is 0 Å². The van der Waals surface area contributed by atoms with Crippen molar-refractivity contribution in [1.29, 1.82) is 0 Å². The molecule has 0 spiro atoms. The monoisotopic (exact) mass is 300 g/mol. The first kappa shape index (κ1) is 14.6. The van der Waals surface area contributed by atoms with Crippen molar-refractivity contribution < 1.29 is 0 Å². The summed E-state index contributed by atoms with van der Waals surface area (Å²) in [4.78, 5) is 4.06. The third-order valence-corrected chi connectivity index (χ3v) is 4.99. The average molecular weight is 301 g/mol. The van der Waals surface area contributed by atoms with Crippen LogP contribution in [-0.2, 0) is 6.42 Å². The van der Waals surface area contributed by atoms with Crippen LogP contribution in [0.4, 0.5) is 0 Å². The van der Waals surface area contributed by atoms with Crippen LogP contribution >= 0.6 is 11.6 Å². The first-order chi connectivity index (χ1) is 10.2. The van der Waals surface area contributed by atoms with E-state index in [0.29, 0.717) is 11.8 Å². The molecule has 0 aliphatic heterocycles. The normalized spacial score (nSPS) is 25.7. The third-order valence-electron chi connectivity index (χ3n) is 4.65. The van der Waals surface area contributed by atoms with Gasteiger partial charge in [-0.2, -0.15) is 0 Å². The molecule has 1 aromatic carbocycles. The average Bonchev–Trinajstić information content (AvgIpc) is 2.52. The molecular formula is C18H21ClN2. The van der Waals surface area contributed by atoms with Crippen molar-refractivity contribution >= 4 is 11.6 Å². The number of halogens is 1. The standard InChI is InChI=1S/C18H21ClN2/c19-17-12-21-9-8-15(17)11-16-10-14(6-7-18(16)20)13-4-2-1-3-5-13/h1-5,8-9,12,14,16,18H,6-7,10-11,20H2. The second-order valence-electron chi connectivity index (χ2n) is 6.02.